The quantitative estimate of drug-likeness (QED) is 0.804. The molecule has 0 bridgehead atoms. The first-order valence-electron chi connectivity index (χ1n) is 7.56. The fourth-order valence-corrected chi connectivity index (χ4v) is 3.06. The van der Waals surface area contributed by atoms with E-state index < -0.39 is 0 Å². The van der Waals surface area contributed by atoms with Gasteiger partial charge in [0.25, 0.3) is 0 Å². The Morgan fingerprint density at radius 3 is 2.43 bits per heavy atom. The molecule has 0 aliphatic heterocycles. The van der Waals surface area contributed by atoms with Gasteiger partial charge in [0.15, 0.2) is 0 Å². The van der Waals surface area contributed by atoms with Gasteiger partial charge < -0.3 is 5.32 Å². The van der Waals surface area contributed by atoms with Crippen LogP contribution < -0.4 is 5.32 Å². The molecule has 0 spiro atoms. The van der Waals surface area contributed by atoms with Gasteiger partial charge in [0.05, 0.1) is 0 Å². The Bertz CT molecular complexity index is 599. The molecule has 0 radical (unpaired) electrons. The zero-order valence-corrected chi connectivity index (χ0v) is 14.1. The standard InChI is InChI=1S/C19H24ClN/c1-5-21-19(17-9-14(3)10-18(20)11-17)12-16-8-13(2)6-7-15(16)4/h6-11,19,21H,5,12H2,1-4H3. The minimum atomic E-state index is 0.299. The molecule has 21 heavy (non-hydrogen) atoms. The topological polar surface area (TPSA) is 12.0 Å². The summed E-state index contributed by atoms with van der Waals surface area (Å²) >= 11 is 6.23. The summed E-state index contributed by atoms with van der Waals surface area (Å²) in [6, 6.07) is 13.3. The third kappa shape index (κ3) is 4.33. The zero-order valence-electron chi connectivity index (χ0n) is 13.3. The van der Waals surface area contributed by atoms with Gasteiger partial charge in [0.1, 0.15) is 0 Å². The number of halogens is 1. The number of rotatable bonds is 5. The fourth-order valence-electron chi connectivity index (χ4n) is 2.76. The number of benzene rings is 2. The molecular weight excluding hydrogens is 278 g/mol. The smallest absolute Gasteiger partial charge is 0.0411 e. The largest absolute Gasteiger partial charge is 0.310 e. The molecule has 0 fully saturated rings. The molecule has 1 unspecified atom stereocenters. The average Bonchev–Trinajstić information content (AvgIpc) is 2.41. The number of hydrogen-bond acceptors (Lipinski definition) is 1. The maximum absolute atomic E-state index is 6.23. The van der Waals surface area contributed by atoms with E-state index in [4.69, 9.17) is 11.6 Å². The molecular formula is C19H24ClN. The van der Waals surface area contributed by atoms with Crippen molar-refractivity contribution in [3.63, 3.8) is 0 Å². The van der Waals surface area contributed by atoms with E-state index in [0.29, 0.717) is 6.04 Å². The van der Waals surface area contributed by atoms with Gasteiger partial charge in [-0.25, -0.2) is 0 Å². The van der Waals surface area contributed by atoms with E-state index in [9.17, 15) is 0 Å². The van der Waals surface area contributed by atoms with E-state index >= 15 is 0 Å². The second kappa shape index (κ2) is 7.11. The summed E-state index contributed by atoms with van der Waals surface area (Å²) in [5.41, 5.74) is 6.54. The molecule has 0 aliphatic rings. The van der Waals surface area contributed by atoms with E-state index in [1.807, 2.05) is 6.07 Å². The first-order chi connectivity index (χ1) is 9.99. The van der Waals surface area contributed by atoms with Crippen LogP contribution in [0.3, 0.4) is 0 Å². The van der Waals surface area contributed by atoms with Gasteiger partial charge in [0, 0.05) is 11.1 Å². The van der Waals surface area contributed by atoms with Crippen LogP contribution in [0.15, 0.2) is 36.4 Å². The Morgan fingerprint density at radius 2 is 1.76 bits per heavy atom. The van der Waals surface area contributed by atoms with E-state index in [2.05, 4.69) is 63.3 Å². The molecule has 2 aromatic rings. The first kappa shape index (κ1) is 16.1. The second-order valence-corrected chi connectivity index (χ2v) is 6.24. The van der Waals surface area contributed by atoms with Gasteiger partial charge in [-0.3, -0.25) is 0 Å². The highest BCUT2D eigenvalue weighted by molar-refractivity contribution is 6.30. The minimum Gasteiger partial charge on any atom is -0.310 e. The molecule has 1 N–H and O–H groups in total. The van der Waals surface area contributed by atoms with Crippen LogP contribution in [-0.4, -0.2) is 6.54 Å². The Labute approximate surface area is 133 Å². The van der Waals surface area contributed by atoms with Crippen molar-refractivity contribution in [2.75, 3.05) is 6.54 Å². The Hall–Kier alpha value is -1.31. The van der Waals surface area contributed by atoms with Crippen LogP contribution in [0.5, 0.6) is 0 Å². The van der Waals surface area contributed by atoms with Crippen LogP contribution in [0.2, 0.25) is 5.02 Å². The lowest BCUT2D eigenvalue weighted by Crippen LogP contribution is -2.23. The summed E-state index contributed by atoms with van der Waals surface area (Å²) in [5, 5.41) is 4.40. The number of aryl methyl sites for hydroxylation is 3. The number of hydrogen-bond donors (Lipinski definition) is 1. The van der Waals surface area contributed by atoms with Crippen molar-refractivity contribution in [3.05, 3.63) is 69.2 Å². The van der Waals surface area contributed by atoms with Gasteiger partial charge in [-0.15, -0.1) is 0 Å². The lowest BCUT2D eigenvalue weighted by atomic mass is 9.94. The molecule has 0 amide bonds. The maximum Gasteiger partial charge on any atom is 0.0411 e. The monoisotopic (exact) mass is 301 g/mol. The highest BCUT2D eigenvalue weighted by Crippen LogP contribution is 2.25. The lowest BCUT2D eigenvalue weighted by Gasteiger charge is -2.21. The predicted molar refractivity (Wildman–Crippen MR) is 92.2 cm³/mol. The van der Waals surface area contributed by atoms with Crippen LogP contribution in [-0.2, 0) is 6.42 Å². The number of likely N-dealkylation sites (N-methyl/N-ethyl adjacent to an activating group) is 1. The highest BCUT2D eigenvalue weighted by atomic mass is 35.5. The lowest BCUT2D eigenvalue weighted by molar-refractivity contribution is 0.548. The van der Waals surface area contributed by atoms with Crippen LogP contribution in [0.4, 0.5) is 0 Å². The molecule has 1 atom stereocenters. The van der Waals surface area contributed by atoms with E-state index in [-0.39, 0.29) is 0 Å². The third-order valence-electron chi connectivity index (χ3n) is 3.85. The predicted octanol–water partition coefficient (Wildman–Crippen LogP) is 5.16. The summed E-state index contributed by atoms with van der Waals surface area (Å²) in [7, 11) is 0. The molecule has 2 rings (SSSR count). The van der Waals surface area contributed by atoms with Gasteiger partial charge >= 0.3 is 0 Å². The molecule has 0 aromatic heterocycles. The van der Waals surface area contributed by atoms with E-state index in [0.717, 1.165) is 18.0 Å². The van der Waals surface area contributed by atoms with Crippen LogP contribution in [0, 0.1) is 20.8 Å². The second-order valence-electron chi connectivity index (χ2n) is 5.81. The van der Waals surface area contributed by atoms with Crippen LogP contribution >= 0.6 is 11.6 Å². The van der Waals surface area contributed by atoms with Gasteiger partial charge in [0.2, 0.25) is 0 Å². The van der Waals surface area contributed by atoms with Crippen molar-refractivity contribution in [3.8, 4) is 0 Å². The van der Waals surface area contributed by atoms with Crippen molar-refractivity contribution in [2.24, 2.45) is 0 Å². The normalized spacial score (nSPS) is 12.4. The highest BCUT2D eigenvalue weighted by Gasteiger charge is 2.13. The van der Waals surface area contributed by atoms with Crippen LogP contribution in [0.25, 0.3) is 0 Å². The van der Waals surface area contributed by atoms with Crippen LogP contribution in [0.1, 0.15) is 40.8 Å². The fraction of sp³-hybridized carbons (Fsp3) is 0.368. The SMILES string of the molecule is CCNC(Cc1cc(C)ccc1C)c1cc(C)cc(Cl)c1. The Kier molecular flexibility index (Phi) is 5.44. The number of nitrogens with one attached hydrogen (secondary N) is 1. The van der Waals surface area contributed by atoms with Crippen molar-refractivity contribution in [2.45, 2.75) is 40.2 Å². The Morgan fingerprint density at radius 1 is 1.00 bits per heavy atom. The molecule has 0 aliphatic carbocycles. The van der Waals surface area contributed by atoms with E-state index in [1.165, 1.54) is 27.8 Å². The summed E-state index contributed by atoms with van der Waals surface area (Å²) in [6.07, 6.45) is 0.987. The summed E-state index contributed by atoms with van der Waals surface area (Å²) in [4.78, 5) is 0. The molecule has 2 aromatic carbocycles. The molecule has 0 heterocycles. The molecule has 112 valence electrons. The van der Waals surface area contributed by atoms with Crippen molar-refractivity contribution >= 4 is 11.6 Å². The minimum absolute atomic E-state index is 0.299. The van der Waals surface area contributed by atoms with Gasteiger partial charge in [-0.1, -0.05) is 48.4 Å². The zero-order chi connectivity index (χ0) is 15.4. The maximum atomic E-state index is 6.23. The van der Waals surface area contributed by atoms with Crippen molar-refractivity contribution < 1.29 is 0 Å². The molecule has 2 heteroatoms. The molecule has 0 saturated heterocycles. The van der Waals surface area contributed by atoms with Gasteiger partial charge in [-0.05, 0) is 68.1 Å². The first-order valence-corrected chi connectivity index (χ1v) is 7.94. The van der Waals surface area contributed by atoms with E-state index in [1.54, 1.807) is 0 Å². The van der Waals surface area contributed by atoms with Gasteiger partial charge in [-0.2, -0.15) is 0 Å². The molecule has 0 saturated carbocycles. The van der Waals surface area contributed by atoms with Crippen molar-refractivity contribution in [1.29, 1.82) is 0 Å². The Balaban J connectivity index is 2.32. The molecule has 1 nitrogen and oxygen atoms in total. The summed E-state index contributed by atoms with van der Waals surface area (Å²) in [5.74, 6) is 0. The average molecular weight is 302 g/mol. The van der Waals surface area contributed by atoms with Crippen molar-refractivity contribution in [1.82, 2.24) is 5.32 Å². The third-order valence-corrected chi connectivity index (χ3v) is 4.06. The summed E-state index contributed by atoms with van der Waals surface area (Å²) < 4.78 is 0. The summed E-state index contributed by atoms with van der Waals surface area (Å²) in [6.45, 7) is 9.51.